The van der Waals surface area contributed by atoms with Crippen LogP contribution >= 0.6 is 0 Å². The van der Waals surface area contributed by atoms with Crippen LogP contribution in [-0.4, -0.2) is 36.8 Å². The molecule has 0 aromatic carbocycles. The maximum absolute atomic E-state index is 12.0. The lowest BCUT2D eigenvalue weighted by molar-refractivity contribution is 0.0925. The quantitative estimate of drug-likeness (QED) is 0.732. The molecule has 1 aromatic heterocycles. The number of hydrogen-bond donors (Lipinski definition) is 2. The number of nitrogens with two attached hydrogens (primary N) is 1. The Morgan fingerprint density at radius 2 is 2.41 bits per heavy atom. The number of methoxy groups -OCH3 is 1. The van der Waals surface area contributed by atoms with Gasteiger partial charge in [-0.2, -0.15) is 0 Å². The van der Waals surface area contributed by atoms with Gasteiger partial charge in [0, 0.05) is 32.4 Å². The topological polar surface area (TPSA) is 69.3 Å². The van der Waals surface area contributed by atoms with Crippen molar-refractivity contribution in [1.29, 1.82) is 0 Å². The van der Waals surface area contributed by atoms with Gasteiger partial charge in [0.15, 0.2) is 0 Å². The monoisotopic (exact) mass is 239 g/mol. The molecule has 17 heavy (non-hydrogen) atoms. The number of carbonyl (C=O) groups excluding carboxylic acids is 1. The molecule has 1 amide bonds. The van der Waals surface area contributed by atoms with Crippen molar-refractivity contribution in [3.8, 4) is 0 Å². The third kappa shape index (κ3) is 3.87. The summed E-state index contributed by atoms with van der Waals surface area (Å²) >= 11 is 0. The molecule has 0 saturated carbocycles. The van der Waals surface area contributed by atoms with Crippen molar-refractivity contribution in [2.75, 3.05) is 20.3 Å². The average molecular weight is 239 g/mol. The van der Waals surface area contributed by atoms with Gasteiger partial charge in [-0.25, -0.2) is 0 Å². The molecule has 1 atom stereocenters. The highest BCUT2D eigenvalue weighted by atomic mass is 16.5. The second kappa shape index (κ2) is 7.09. The molecule has 0 aliphatic carbocycles. The number of rotatable bonds is 7. The van der Waals surface area contributed by atoms with E-state index in [1.54, 1.807) is 13.2 Å². The molecule has 0 bridgehead atoms. The zero-order chi connectivity index (χ0) is 12.7. The van der Waals surface area contributed by atoms with Crippen LogP contribution in [0.2, 0.25) is 0 Å². The SMILES string of the molecule is CCC(CN)NC(=O)c1cccn1CCOC. The van der Waals surface area contributed by atoms with E-state index >= 15 is 0 Å². The summed E-state index contributed by atoms with van der Waals surface area (Å²) in [6.45, 7) is 3.72. The smallest absolute Gasteiger partial charge is 0.268 e. The zero-order valence-electron chi connectivity index (χ0n) is 10.5. The lowest BCUT2D eigenvalue weighted by Gasteiger charge is -2.15. The fourth-order valence-electron chi connectivity index (χ4n) is 1.59. The highest BCUT2D eigenvalue weighted by Crippen LogP contribution is 2.03. The van der Waals surface area contributed by atoms with Crippen molar-refractivity contribution >= 4 is 5.91 Å². The standard InChI is InChI=1S/C12H21N3O2/c1-3-10(9-13)14-12(16)11-5-4-6-15(11)7-8-17-2/h4-6,10H,3,7-9,13H2,1-2H3,(H,14,16). The van der Waals surface area contributed by atoms with E-state index in [0.29, 0.717) is 25.4 Å². The summed E-state index contributed by atoms with van der Waals surface area (Å²) in [6.07, 6.45) is 2.71. The van der Waals surface area contributed by atoms with Crippen LogP contribution in [-0.2, 0) is 11.3 Å². The first-order chi connectivity index (χ1) is 8.22. The van der Waals surface area contributed by atoms with E-state index in [0.717, 1.165) is 6.42 Å². The summed E-state index contributed by atoms with van der Waals surface area (Å²) in [5, 5.41) is 2.91. The van der Waals surface area contributed by atoms with Gasteiger partial charge in [-0.15, -0.1) is 0 Å². The Morgan fingerprint density at radius 1 is 1.65 bits per heavy atom. The third-order valence-electron chi connectivity index (χ3n) is 2.71. The van der Waals surface area contributed by atoms with Gasteiger partial charge in [0.25, 0.3) is 5.91 Å². The first-order valence-corrected chi connectivity index (χ1v) is 5.87. The van der Waals surface area contributed by atoms with Gasteiger partial charge >= 0.3 is 0 Å². The van der Waals surface area contributed by atoms with Crippen LogP contribution in [0.1, 0.15) is 23.8 Å². The van der Waals surface area contributed by atoms with Gasteiger partial charge in [-0.3, -0.25) is 4.79 Å². The van der Waals surface area contributed by atoms with Crippen LogP contribution in [0.4, 0.5) is 0 Å². The molecule has 1 rings (SSSR count). The van der Waals surface area contributed by atoms with E-state index in [-0.39, 0.29) is 11.9 Å². The first-order valence-electron chi connectivity index (χ1n) is 5.87. The van der Waals surface area contributed by atoms with Crippen molar-refractivity contribution < 1.29 is 9.53 Å². The van der Waals surface area contributed by atoms with Gasteiger partial charge in [0.1, 0.15) is 5.69 Å². The third-order valence-corrected chi connectivity index (χ3v) is 2.71. The Kier molecular flexibility index (Phi) is 5.72. The van der Waals surface area contributed by atoms with Gasteiger partial charge in [-0.05, 0) is 18.6 Å². The van der Waals surface area contributed by atoms with E-state index in [2.05, 4.69) is 5.32 Å². The molecule has 5 heteroatoms. The fourth-order valence-corrected chi connectivity index (χ4v) is 1.59. The molecule has 0 aliphatic rings. The maximum atomic E-state index is 12.0. The van der Waals surface area contributed by atoms with E-state index in [9.17, 15) is 4.79 Å². The predicted molar refractivity (Wildman–Crippen MR) is 66.9 cm³/mol. The molecule has 1 aromatic rings. The van der Waals surface area contributed by atoms with Crippen molar-refractivity contribution in [2.45, 2.75) is 25.9 Å². The van der Waals surface area contributed by atoms with Crippen molar-refractivity contribution in [3.63, 3.8) is 0 Å². The van der Waals surface area contributed by atoms with Crippen molar-refractivity contribution in [3.05, 3.63) is 24.0 Å². The Labute approximate surface area is 102 Å². The summed E-state index contributed by atoms with van der Waals surface area (Å²) < 4.78 is 6.88. The minimum atomic E-state index is -0.0802. The second-order valence-corrected chi connectivity index (χ2v) is 3.89. The lowest BCUT2D eigenvalue weighted by atomic mass is 10.2. The Balaban J connectivity index is 2.64. The molecule has 1 unspecified atom stereocenters. The van der Waals surface area contributed by atoms with Gasteiger partial charge < -0.3 is 20.4 Å². The number of ether oxygens (including phenoxy) is 1. The molecule has 1 heterocycles. The van der Waals surface area contributed by atoms with Crippen LogP contribution in [0.5, 0.6) is 0 Å². The fraction of sp³-hybridized carbons (Fsp3) is 0.583. The number of hydrogen-bond acceptors (Lipinski definition) is 3. The minimum absolute atomic E-state index is 0.0354. The Hall–Kier alpha value is -1.33. The van der Waals surface area contributed by atoms with E-state index in [1.807, 2.05) is 23.8 Å². The van der Waals surface area contributed by atoms with Gasteiger partial charge in [-0.1, -0.05) is 6.92 Å². The highest BCUT2D eigenvalue weighted by molar-refractivity contribution is 5.92. The molecule has 0 spiro atoms. The second-order valence-electron chi connectivity index (χ2n) is 3.89. The number of nitrogens with zero attached hydrogens (tertiary/aromatic N) is 1. The van der Waals surface area contributed by atoms with E-state index in [1.165, 1.54) is 0 Å². The number of carbonyl (C=O) groups is 1. The Bertz CT molecular complexity index is 345. The van der Waals surface area contributed by atoms with Crippen molar-refractivity contribution in [2.24, 2.45) is 5.73 Å². The zero-order valence-corrected chi connectivity index (χ0v) is 10.5. The van der Waals surface area contributed by atoms with Crippen molar-refractivity contribution in [1.82, 2.24) is 9.88 Å². The molecular formula is C12H21N3O2. The molecule has 5 nitrogen and oxygen atoms in total. The van der Waals surface area contributed by atoms with E-state index in [4.69, 9.17) is 10.5 Å². The van der Waals surface area contributed by atoms with Crippen LogP contribution in [0.25, 0.3) is 0 Å². The lowest BCUT2D eigenvalue weighted by Crippen LogP contribution is -2.40. The van der Waals surface area contributed by atoms with Gasteiger partial charge in [0.05, 0.1) is 6.61 Å². The summed E-state index contributed by atoms with van der Waals surface area (Å²) in [5.74, 6) is -0.0802. The molecule has 3 N–H and O–H groups in total. The average Bonchev–Trinajstić information content (AvgIpc) is 2.81. The normalized spacial score (nSPS) is 12.4. The minimum Gasteiger partial charge on any atom is -0.383 e. The summed E-state index contributed by atoms with van der Waals surface area (Å²) in [7, 11) is 1.64. The molecular weight excluding hydrogens is 218 g/mol. The van der Waals surface area contributed by atoms with Crippen LogP contribution in [0, 0.1) is 0 Å². The van der Waals surface area contributed by atoms with Crippen LogP contribution in [0.15, 0.2) is 18.3 Å². The number of aromatic nitrogens is 1. The summed E-state index contributed by atoms with van der Waals surface area (Å²) in [4.78, 5) is 12.0. The number of amides is 1. The predicted octanol–water partition coefficient (Wildman–Crippen LogP) is 0.602. The van der Waals surface area contributed by atoms with Crippen LogP contribution < -0.4 is 11.1 Å². The van der Waals surface area contributed by atoms with E-state index < -0.39 is 0 Å². The highest BCUT2D eigenvalue weighted by Gasteiger charge is 2.13. The molecule has 0 radical (unpaired) electrons. The van der Waals surface area contributed by atoms with Gasteiger partial charge in [0.2, 0.25) is 0 Å². The summed E-state index contributed by atoms with van der Waals surface area (Å²) in [5.41, 5.74) is 6.21. The molecule has 0 saturated heterocycles. The molecule has 96 valence electrons. The summed E-state index contributed by atoms with van der Waals surface area (Å²) in [6, 6.07) is 3.69. The molecule has 0 fully saturated rings. The molecule has 0 aliphatic heterocycles. The largest absolute Gasteiger partial charge is 0.383 e. The van der Waals surface area contributed by atoms with Crippen LogP contribution in [0.3, 0.4) is 0 Å². The maximum Gasteiger partial charge on any atom is 0.268 e. The number of nitrogens with one attached hydrogen (secondary N) is 1. The first kappa shape index (κ1) is 13.7. The Morgan fingerprint density at radius 3 is 3.00 bits per heavy atom.